The molecule has 1 aliphatic rings. The Hall–Kier alpha value is -0.700. The van der Waals surface area contributed by atoms with Gasteiger partial charge < -0.3 is 0 Å². The molecule has 0 spiro atoms. The summed E-state index contributed by atoms with van der Waals surface area (Å²) in [7, 11) is 0. The Morgan fingerprint density at radius 1 is 1.20 bits per heavy atom. The lowest BCUT2D eigenvalue weighted by Gasteiger charge is -1.81. The van der Waals surface area contributed by atoms with Crippen LogP contribution in [0.4, 0.5) is 0 Å². The van der Waals surface area contributed by atoms with Crippen molar-refractivity contribution in [1.82, 2.24) is 16.4 Å². The first-order chi connectivity index (χ1) is 2.50. The highest BCUT2D eigenvalue weighted by molar-refractivity contribution is 4.77. The van der Waals surface area contributed by atoms with Gasteiger partial charge in [0.05, 0.1) is 0 Å². The minimum absolute atomic E-state index is 1.71. The zero-order valence-electron chi connectivity index (χ0n) is 2.60. The van der Waals surface area contributed by atoms with Crippen molar-refractivity contribution in [2.24, 2.45) is 0 Å². The van der Waals surface area contributed by atoms with Crippen LogP contribution in [0.5, 0.6) is 0 Å². The predicted molar refractivity (Wildman–Crippen MR) is 17.5 cm³/mol. The Morgan fingerprint density at radius 3 is 2.00 bits per heavy atom. The molecule has 5 heavy (non-hydrogen) atoms. The third kappa shape index (κ3) is 0.302. The maximum atomic E-state index is 3.47. The van der Waals surface area contributed by atoms with Gasteiger partial charge in [0.1, 0.15) is 0 Å². The molecule has 1 aliphatic heterocycles. The number of hydrogen-bond donors (Lipinski definition) is 2. The standard InChI is InChI=1S/C2H4N3/c1-2-4-5-3-1/h1-4H. The molecular weight excluding hydrogens is 66.0 g/mol. The van der Waals surface area contributed by atoms with Gasteiger partial charge in [0.2, 0.25) is 0 Å². The van der Waals surface area contributed by atoms with Crippen LogP contribution in [-0.4, -0.2) is 0 Å². The summed E-state index contributed by atoms with van der Waals surface area (Å²) in [6.45, 7) is 0. The predicted octanol–water partition coefficient (Wildman–Crippen LogP) is -0.915. The second-order valence-corrected chi connectivity index (χ2v) is 0.703. The van der Waals surface area contributed by atoms with Crippen LogP contribution in [0.25, 0.3) is 0 Å². The molecule has 0 unspecified atom stereocenters. The Balaban J connectivity index is 2.32. The van der Waals surface area contributed by atoms with E-state index in [-0.39, 0.29) is 0 Å². The van der Waals surface area contributed by atoms with Crippen molar-refractivity contribution in [2.45, 2.75) is 0 Å². The molecule has 0 saturated carbocycles. The van der Waals surface area contributed by atoms with Crippen molar-refractivity contribution >= 4 is 0 Å². The molecular formula is C2H4N3. The molecule has 0 amide bonds. The van der Waals surface area contributed by atoms with E-state index in [0.717, 1.165) is 0 Å². The summed E-state index contributed by atoms with van der Waals surface area (Å²) < 4.78 is 0. The van der Waals surface area contributed by atoms with E-state index < -0.39 is 0 Å². The second kappa shape index (κ2) is 0.944. The van der Waals surface area contributed by atoms with Gasteiger partial charge in [-0.2, -0.15) is 0 Å². The van der Waals surface area contributed by atoms with E-state index in [4.69, 9.17) is 0 Å². The largest absolute Gasteiger partial charge is 0.290 e. The van der Waals surface area contributed by atoms with Crippen molar-refractivity contribution in [3.63, 3.8) is 0 Å². The minimum atomic E-state index is 1.71. The highest BCUT2D eigenvalue weighted by Crippen LogP contribution is 1.60. The van der Waals surface area contributed by atoms with Gasteiger partial charge in [-0.05, 0) is 5.53 Å². The third-order valence-corrected chi connectivity index (χ3v) is 0.362. The summed E-state index contributed by atoms with van der Waals surface area (Å²) in [5, 5.41) is 0. The summed E-state index contributed by atoms with van der Waals surface area (Å²) in [6, 6.07) is 0. The average Bonchev–Trinajstić information content (AvgIpc) is 1.76. The summed E-state index contributed by atoms with van der Waals surface area (Å²) in [5.41, 5.74) is 8.58. The first-order valence-electron chi connectivity index (χ1n) is 1.36. The lowest BCUT2D eigenvalue weighted by Crippen LogP contribution is -2.20. The number of nitrogens with one attached hydrogen (secondary N) is 2. The fraction of sp³-hybridized carbons (Fsp3) is 0. The van der Waals surface area contributed by atoms with E-state index in [1.807, 2.05) is 0 Å². The van der Waals surface area contributed by atoms with Crippen LogP contribution in [0.2, 0.25) is 0 Å². The van der Waals surface area contributed by atoms with Gasteiger partial charge in [-0.15, -0.1) is 0 Å². The van der Waals surface area contributed by atoms with Crippen LogP contribution in [0.15, 0.2) is 12.4 Å². The summed E-state index contributed by atoms with van der Waals surface area (Å²) >= 11 is 0. The van der Waals surface area contributed by atoms with Crippen LogP contribution < -0.4 is 16.4 Å². The van der Waals surface area contributed by atoms with Crippen LogP contribution in [0.1, 0.15) is 0 Å². The van der Waals surface area contributed by atoms with Gasteiger partial charge in [0, 0.05) is 12.4 Å². The number of nitrogens with zero attached hydrogens (tertiary/aromatic N) is 1. The van der Waals surface area contributed by atoms with Crippen molar-refractivity contribution in [3.05, 3.63) is 12.4 Å². The normalized spacial score (nSPS) is 17.6. The van der Waals surface area contributed by atoms with E-state index in [0.29, 0.717) is 0 Å². The highest BCUT2D eigenvalue weighted by Gasteiger charge is 1.78. The zero-order valence-corrected chi connectivity index (χ0v) is 2.60. The molecule has 0 aliphatic carbocycles. The monoisotopic (exact) mass is 70.0 g/mol. The van der Waals surface area contributed by atoms with Crippen LogP contribution in [0, 0.1) is 0 Å². The fourth-order valence-corrected chi connectivity index (χ4v) is 0.186. The van der Waals surface area contributed by atoms with Gasteiger partial charge in [-0.25, -0.2) is 0 Å². The summed E-state index contributed by atoms with van der Waals surface area (Å²) in [5.74, 6) is 0. The first-order valence-corrected chi connectivity index (χ1v) is 1.36. The summed E-state index contributed by atoms with van der Waals surface area (Å²) in [4.78, 5) is 0. The molecule has 2 N–H and O–H groups in total. The molecule has 3 heteroatoms. The van der Waals surface area contributed by atoms with E-state index >= 15 is 0 Å². The van der Waals surface area contributed by atoms with Gasteiger partial charge in [-0.1, -0.05) is 0 Å². The SMILES string of the molecule is C1=CN[N]N1. The third-order valence-electron chi connectivity index (χ3n) is 0.362. The van der Waals surface area contributed by atoms with Crippen molar-refractivity contribution in [3.8, 4) is 0 Å². The maximum Gasteiger partial charge on any atom is 0.0333 e. The van der Waals surface area contributed by atoms with Gasteiger partial charge in [0.25, 0.3) is 0 Å². The lowest BCUT2D eigenvalue weighted by molar-refractivity contribution is 0.597. The quantitative estimate of drug-likeness (QED) is 0.387. The Kier molecular flexibility index (Phi) is 0.478. The lowest BCUT2D eigenvalue weighted by atomic mass is 11.0. The average molecular weight is 70.1 g/mol. The van der Waals surface area contributed by atoms with Crippen LogP contribution >= 0.6 is 0 Å². The number of hydrogen-bond acceptors (Lipinski definition) is 2. The van der Waals surface area contributed by atoms with Crippen LogP contribution in [-0.2, 0) is 0 Å². The van der Waals surface area contributed by atoms with E-state index in [1.165, 1.54) is 0 Å². The van der Waals surface area contributed by atoms with E-state index in [2.05, 4.69) is 16.4 Å². The molecule has 0 aromatic heterocycles. The Morgan fingerprint density at radius 2 is 1.80 bits per heavy atom. The molecule has 1 radical (unpaired) electrons. The Bertz CT molecular complexity index is 42.9. The van der Waals surface area contributed by atoms with Gasteiger partial charge in [-0.3, -0.25) is 10.9 Å². The fourth-order valence-electron chi connectivity index (χ4n) is 0.186. The molecule has 3 nitrogen and oxygen atoms in total. The first kappa shape index (κ1) is 2.53. The molecule has 1 heterocycles. The minimum Gasteiger partial charge on any atom is -0.290 e. The molecule has 0 aromatic carbocycles. The topological polar surface area (TPSA) is 38.2 Å². The smallest absolute Gasteiger partial charge is 0.0333 e. The van der Waals surface area contributed by atoms with Crippen molar-refractivity contribution < 1.29 is 0 Å². The molecule has 0 fully saturated rings. The van der Waals surface area contributed by atoms with Gasteiger partial charge >= 0.3 is 0 Å². The molecule has 0 atom stereocenters. The van der Waals surface area contributed by atoms with Gasteiger partial charge in [0.15, 0.2) is 0 Å². The maximum absolute atomic E-state index is 3.47. The molecule has 0 bridgehead atoms. The summed E-state index contributed by atoms with van der Waals surface area (Å²) in [6.07, 6.45) is 3.42. The van der Waals surface area contributed by atoms with E-state index in [9.17, 15) is 0 Å². The second-order valence-electron chi connectivity index (χ2n) is 0.703. The number of rotatable bonds is 0. The molecule has 1 rings (SSSR count). The zero-order chi connectivity index (χ0) is 3.54. The molecule has 0 saturated heterocycles. The van der Waals surface area contributed by atoms with Crippen LogP contribution in [0.3, 0.4) is 0 Å². The van der Waals surface area contributed by atoms with E-state index in [1.54, 1.807) is 12.4 Å². The highest BCUT2D eigenvalue weighted by atomic mass is 15.6. The molecule has 27 valence electrons. The Labute approximate surface area is 30.0 Å². The van der Waals surface area contributed by atoms with Crippen molar-refractivity contribution in [1.29, 1.82) is 0 Å². The van der Waals surface area contributed by atoms with Crippen molar-refractivity contribution in [2.75, 3.05) is 0 Å². The molecule has 0 aromatic rings.